The maximum absolute atomic E-state index is 5.93. The lowest BCUT2D eigenvalue weighted by Gasteiger charge is -2.40. The van der Waals surface area contributed by atoms with Gasteiger partial charge in [0.15, 0.2) is 0 Å². The summed E-state index contributed by atoms with van der Waals surface area (Å²) in [5.41, 5.74) is 0. The summed E-state index contributed by atoms with van der Waals surface area (Å²) in [6.07, 6.45) is 30.4. The summed E-state index contributed by atoms with van der Waals surface area (Å²) in [7, 11) is 0. The molecule has 24 fully saturated rings. The first-order valence-corrected chi connectivity index (χ1v) is 27.4. The molecule has 8 heteroatoms. The molecule has 8 heterocycles. The Bertz CT molecular complexity index is 2010. The van der Waals surface area contributed by atoms with Crippen LogP contribution in [0, 0.1) is 142 Å². The predicted molar refractivity (Wildman–Crippen MR) is 213 cm³/mol. The molecule has 0 aromatic rings. The molecule has 61 heavy (non-hydrogen) atoms. The van der Waals surface area contributed by atoms with Crippen LogP contribution < -0.4 is 0 Å². The van der Waals surface area contributed by atoms with Gasteiger partial charge in [0.05, 0.1) is 97.7 Å². The van der Waals surface area contributed by atoms with Crippen molar-refractivity contribution in [2.75, 3.05) is 0 Å². The fraction of sp³-hybridized carbons (Fsp3) is 1.00. The van der Waals surface area contributed by atoms with E-state index in [0.717, 1.165) is 154 Å². The van der Waals surface area contributed by atoms with E-state index in [1.807, 2.05) is 0 Å². The molecule has 40 atom stereocenters. The van der Waals surface area contributed by atoms with Crippen LogP contribution in [0.25, 0.3) is 0 Å². The Balaban J connectivity index is 0.0000000656. The Morgan fingerprint density at radius 3 is 1.08 bits per heavy atom. The first kappa shape index (κ1) is 33.2. The Labute approximate surface area is 360 Å². The van der Waals surface area contributed by atoms with Gasteiger partial charge in [-0.2, -0.15) is 0 Å². The van der Waals surface area contributed by atoms with Crippen molar-refractivity contribution in [3.8, 4) is 0 Å². The van der Waals surface area contributed by atoms with Crippen molar-refractivity contribution in [2.45, 2.75) is 181 Å². The number of fused-ring (bicyclic) bond motifs is 48. The third kappa shape index (κ3) is 3.97. The molecule has 24 rings (SSSR count). The van der Waals surface area contributed by atoms with E-state index < -0.39 is 0 Å². The van der Waals surface area contributed by atoms with E-state index in [1.54, 1.807) is 12.8 Å². The summed E-state index contributed by atoms with van der Waals surface area (Å²) in [6.45, 7) is 0. The lowest BCUT2D eigenvalue weighted by molar-refractivity contribution is 0.0447. The van der Waals surface area contributed by atoms with E-state index in [1.165, 1.54) is 70.6 Å². The van der Waals surface area contributed by atoms with Crippen LogP contribution in [0.1, 0.15) is 83.5 Å². The SMILES string of the molecule is C1C2CC(C1C1CC3CC1C1OC31)C1OC21.C1C2OC2C2C1C1CC2C2C3CC(C4OC34)C12.C1C2OC2C2C1C1CC2C2OC12.C1C2OC2CC2C1C1CC2C2C1CC1OC12. The fourth-order valence-corrected chi connectivity index (χ4v) is 25.1. The fourth-order valence-electron chi connectivity index (χ4n) is 25.1. The standard InChI is InChI=1S/C15H18O2.2C14H18O2.C10H12O2/c1-4-5-3-9-15(16-9)12(5)6(1)11-8-2-7(10(4)11)13-14(8)17-13;1-5-6-2-10-11(15-10)3-7(6)8(1)13-9(5)4-12-14(13)16-12;1-5-3-9(13-11(5)15-13)7(1)8-2-6-4-10(8)14-12(6)16-14;1-4-3-2-6-10(11-6)7(3)5(1)9-8(4)12-9/h4-15H,1-3H2;2*5-14H,1-4H2;3-10H,1-2H2. The van der Waals surface area contributed by atoms with E-state index >= 15 is 0 Å². The van der Waals surface area contributed by atoms with Crippen LogP contribution in [0.4, 0.5) is 0 Å². The smallest absolute Gasteiger partial charge is 0.0876 e. The van der Waals surface area contributed by atoms with Crippen LogP contribution in [-0.4, -0.2) is 97.7 Å². The average molecular weight is 831 g/mol. The predicted octanol–water partition coefficient (Wildman–Crippen LogP) is 6.16. The summed E-state index contributed by atoms with van der Waals surface area (Å²) in [4.78, 5) is 0. The highest BCUT2D eigenvalue weighted by molar-refractivity contribution is 5.26. The van der Waals surface area contributed by atoms with Crippen LogP contribution in [0.3, 0.4) is 0 Å². The number of hydrogen-bond acceptors (Lipinski definition) is 8. The van der Waals surface area contributed by atoms with E-state index in [4.69, 9.17) is 37.9 Å². The highest BCUT2D eigenvalue weighted by atomic mass is 16.6. The van der Waals surface area contributed by atoms with Crippen molar-refractivity contribution in [3.63, 3.8) is 0 Å². The lowest BCUT2D eigenvalue weighted by Crippen LogP contribution is -2.40. The minimum Gasteiger partial charge on any atom is -0.370 e. The molecular weight excluding hydrogens is 765 g/mol. The van der Waals surface area contributed by atoms with Crippen LogP contribution in [0.15, 0.2) is 0 Å². The zero-order valence-corrected chi connectivity index (χ0v) is 35.6. The van der Waals surface area contributed by atoms with Gasteiger partial charge in [-0.1, -0.05) is 0 Å². The van der Waals surface area contributed by atoms with E-state index in [-0.39, 0.29) is 0 Å². The van der Waals surface area contributed by atoms with E-state index in [0.29, 0.717) is 85.5 Å². The summed E-state index contributed by atoms with van der Waals surface area (Å²) in [6, 6.07) is 0. The van der Waals surface area contributed by atoms with Crippen molar-refractivity contribution in [1.29, 1.82) is 0 Å². The van der Waals surface area contributed by atoms with Crippen molar-refractivity contribution < 1.29 is 37.9 Å². The minimum absolute atomic E-state index is 0.676. The second-order valence-electron chi connectivity index (χ2n) is 27.6. The van der Waals surface area contributed by atoms with Crippen molar-refractivity contribution >= 4 is 0 Å². The molecule has 0 amide bonds. The van der Waals surface area contributed by atoms with Crippen molar-refractivity contribution in [1.82, 2.24) is 0 Å². The molecule has 0 aromatic carbocycles. The van der Waals surface area contributed by atoms with E-state index in [2.05, 4.69) is 0 Å². The minimum atomic E-state index is 0.676. The Morgan fingerprint density at radius 2 is 0.475 bits per heavy atom. The zero-order valence-electron chi connectivity index (χ0n) is 35.6. The molecule has 326 valence electrons. The van der Waals surface area contributed by atoms with Gasteiger partial charge in [-0.15, -0.1) is 0 Å². The van der Waals surface area contributed by atoms with Gasteiger partial charge < -0.3 is 37.9 Å². The third-order valence-corrected chi connectivity index (χ3v) is 26.7. The summed E-state index contributed by atoms with van der Waals surface area (Å²) in [5.74, 6) is 24.2. The third-order valence-electron chi connectivity index (χ3n) is 26.7. The molecule has 24 aliphatic rings. The highest BCUT2D eigenvalue weighted by Gasteiger charge is 2.79. The Morgan fingerprint density at radius 1 is 0.164 bits per heavy atom. The molecule has 8 nitrogen and oxygen atoms in total. The maximum Gasteiger partial charge on any atom is 0.0876 e. The van der Waals surface area contributed by atoms with Gasteiger partial charge in [-0.05, 0) is 226 Å². The van der Waals surface area contributed by atoms with Crippen LogP contribution in [0.5, 0.6) is 0 Å². The molecule has 40 unspecified atom stereocenters. The van der Waals surface area contributed by atoms with Crippen molar-refractivity contribution in [3.05, 3.63) is 0 Å². The van der Waals surface area contributed by atoms with Gasteiger partial charge in [0, 0.05) is 0 Å². The maximum atomic E-state index is 5.93. The molecule has 16 saturated carbocycles. The molecule has 0 aromatic heterocycles. The van der Waals surface area contributed by atoms with Gasteiger partial charge in [0.25, 0.3) is 0 Å². The normalized spacial score (nSPS) is 79.1. The van der Waals surface area contributed by atoms with Crippen LogP contribution in [0.2, 0.25) is 0 Å². The number of rotatable bonds is 1. The Kier molecular flexibility index (Phi) is 5.65. The molecule has 0 N–H and O–H groups in total. The number of hydrogen-bond donors (Lipinski definition) is 0. The van der Waals surface area contributed by atoms with Gasteiger partial charge in [-0.25, -0.2) is 0 Å². The zero-order chi connectivity index (χ0) is 37.9. The molecule has 0 radical (unpaired) electrons. The Hall–Kier alpha value is -0.320. The number of epoxide rings is 8. The van der Waals surface area contributed by atoms with Crippen molar-refractivity contribution in [2.24, 2.45) is 142 Å². The first-order valence-electron chi connectivity index (χ1n) is 27.4. The molecular formula is C53H66O8. The van der Waals surface area contributed by atoms with Gasteiger partial charge in [0.1, 0.15) is 0 Å². The summed E-state index contributed by atoms with van der Waals surface area (Å²) < 4.78 is 46.3. The monoisotopic (exact) mass is 830 g/mol. The quantitative estimate of drug-likeness (QED) is 0.229. The largest absolute Gasteiger partial charge is 0.370 e. The van der Waals surface area contributed by atoms with E-state index in [9.17, 15) is 0 Å². The molecule has 8 saturated heterocycles. The highest BCUT2D eigenvalue weighted by Crippen LogP contribution is 2.78. The second kappa shape index (κ2) is 10.4. The number of ether oxygens (including phenoxy) is 8. The summed E-state index contributed by atoms with van der Waals surface area (Å²) >= 11 is 0. The van der Waals surface area contributed by atoms with Gasteiger partial charge in [0.2, 0.25) is 0 Å². The molecule has 0 spiro atoms. The van der Waals surface area contributed by atoms with Crippen LogP contribution >= 0.6 is 0 Å². The topological polar surface area (TPSA) is 100 Å². The summed E-state index contributed by atoms with van der Waals surface area (Å²) in [5, 5.41) is 0. The average Bonchev–Trinajstić information content (AvgIpc) is 4.01. The van der Waals surface area contributed by atoms with Gasteiger partial charge in [-0.3, -0.25) is 0 Å². The lowest BCUT2D eigenvalue weighted by atomic mass is 9.64. The molecule has 8 aliphatic heterocycles. The molecule has 16 aliphatic carbocycles. The van der Waals surface area contributed by atoms with Crippen LogP contribution in [-0.2, 0) is 37.9 Å². The van der Waals surface area contributed by atoms with Gasteiger partial charge >= 0.3 is 0 Å². The second-order valence-corrected chi connectivity index (χ2v) is 27.6. The molecule has 12 bridgehead atoms. The first-order chi connectivity index (χ1) is 30.1.